The summed E-state index contributed by atoms with van der Waals surface area (Å²) in [5.41, 5.74) is -0.854. The second-order valence-electron chi connectivity index (χ2n) is 18.2. The Labute approximate surface area is 344 Å². The normalized spacial score (nSPS) is 37.8. The molecule has 20 nitrogen and oxygen atoms in total. The van der Waals surface area contributed by atoms with Crippen molar-refractivity contribution in [2.24, 2.45) is 0 Å². The van der Waals surface area contributed by atoms with E-state index in [0.717, 1.165) is 0 Å². The predicted octanol–water partition coefficient (Wildman–Crippen LogP) is 1.28. The van der Waals surface area contributed by atoms with Gasteiger partial charge in [-0.25, -0.2) is 4.79 Å². The average molecular weight is 846 g/mol. The Morgan fingerprint density at radius 3 is 1.17 bits per heavy atom. The van der Waals surface area contributed by atoms with Crippen LogP contribution < -0.4 is 16.0 Å². The molecule has 6 heterocycles. The van der Waals surface area contributed by atoms with Crippen LogP contribution >= 0.6 is 0 Å². The molecule has 3 unspecified atom stereocenters. The van der Waals surface area contributed by atoms with Crippen molar-refractivity contribution in [2.45, 2.75) is 203 Å². The second-order valence-corrected chi connectivity index (χ2v) is 18.2. The fraction of sp³-hybridized carbons (Fsp3) is 0.897. The van der Waals surface area contributed by atoms with Crippen LogP contribution in [-0.2, 0) is 76.0 Å². The molecule has 15 atom stereocenters. The molecule has 336 valence electrons. The summed E-state index contributed by atoms with van der Waals surface area (Å²) in [4.78, 5) is 54.2. The van der Waals surface area contributed by atoms with Gasteiger partial charge in [0.15, 0.2) is 36.2 Å². The highest BCUT2D eigenvalue weighted by atomic mass is 16.9. The number of fused-ring (bicyclic) bond motifs is 3. The Morgan fingerprint density at radius 2 is 0.864 bits per heavy atom. The van der Waals surface area contributed by atoms with Crippen LogP contribution in [0.4, 0.5) is 4.79 Å². The maximum atomic E-state index is 14.3. The van der Waals surface area contributed by atoms with Gasteiger partial charge < -0.3 is 77.5 Å². The lowest BCUT2D eigenvalue weighted by atomic mass is 9.96. The van der Waals surface area contributed by atoms with Gasteiger partial charge in [0.2, 0.25) is 11.8 Å². The standard InChI is InChI=1S/C39H63N3O17/c1-17(43)14-18(23-26(47-11)29-32(50-23)56-37(5,6)53-29)40-21(44)15-19(24-27(48-12)30-33(51-24)57-38(7,8)54-30)41-22(45)16-20(42-35(46)59-36(2,3)4)25-28(49-13)31-34(52-25)58-39(9,10)55-31/h18-20,23-34H,14-16H2,1-13H3,(H,40,44)(H,41,45)(H,42,46)/t18?,19?,20?,23-,24+,25-,26-,27-,28-,29+,30+,31+,32+,33+,34+/m0/s1. The SMILES string of the molecule is CO[C@@H]1[C@H]2OC(C)(C)O[C@H]2O[C@@H]1C(CC(=O)NC(CC(C)=O)[C@@H]1O[C@@H]2OC(C)(C)O[C@@H]2[C@H]1OC)NC(=O)CC(NC(=O)OC(C)(C)C)[C@@H]1O[C@@H]2OC(C)(C)O[C@@H]2[C@H]1OC. The van der Waals surface area contributed by atoms with Crippen LogP contribution in [0.25, 0.3) is 0 Å². The summed E-state index contributed by atoms with van der Waals surface area (Å²) in [5.74, 6) is -4.21. The molecule has 6 aliphatic rings. The summed E-state index contributed by atoms with van der Waals surface area (Å²) in [6.07, 6.45) is -11.0. The molecule has 20 heteroatoms. The maximum absolute atomic E-state index is 14.3. The summed E-state index contributed by atoms with van der Waals surface area (Å²) in [6.45, 7) is 17.0. The number of ketones is 1. The molecule has 6 aliphatic heterocycles. The lowest BCUT2D eigenvalue weighted by molar-refractivity contribution is -0.220. The van der Waals surface area contributed by atoms with Crippen molar-refractivity contribution in [3.8, 4) is 0 Å². The number of rotatable bonds is 15. The number of hydrogen-bond donors (Lipinski definition) is 3. The number of hydrogen-bond acceptors (Lipinski definition) is 17. The van der Waals surface area contributed by atoms with Crippen LogP contribution in [0.15, 0.2) is 0 Å². The molecule has 0 aliphatic carbocycles. The van der Waals surface area contributed by atoms with Crippen LogP contribution in [0.2, 0.25) is 0 Å². The fourth-order valence-electron chi connectivity index (χ4n) is 8.74. The van der Waals surface area contributed by atoms with Gasteiger partial charge in [-0.05, 0) is 69.2 Å². The monoisotopic (exact) mass is 845 g/mol. The van der Waals surface area contributed by atoms with E-state index in [1.807, 2.05) is 0 Å². The zero-order valence-electron chi connectivity index (χ0n) is 36.2. The van der Waals surface area contributed by atoms with Gasteiger partial charge >= 0.3 is 6.09 Å². The molecule has 59 heavy (non-hydrogen) atoms. The van der Waals surface area contributed by atoms with Crippen molar-refractivity contribution in [3.05, 3.63) is 0 Å². The molecule has 0 aromatic heterocycles. The zero-order valence-corrected chi connectivity index (χ0v) is 36.2. The number of carbonyl (C=O) groups is 4. The number of carbonyl (C=O) groups excluding carboxylic acids is 4. The van der Waals surface area contributed by atoms with E-state index in [9.17, 15) is 19.2 Å². The van der Waals surface area contributed by atoms with Gasteiger partial charge in [0.1, 0.15) is 66.3 Å². The number of alkyl carbamates (subject to hydrolysis) is 1. The van der Waals surface area contributed by atoms with Gasteiger partial charge in [-0.3, -0.25) is 14.4 Å². The van der Waals surface area contributed by atoms with Crippen molar-refractivity contribution in [2.75, 3.05) is 21.3 Å². The summed E-state index contributed by atoms with van der Waals surface area (Å²) in [5, 5.41) is 8.67. The molecule has 6 saturated heterocycles. The van der Waals surface area contributed by atoms with Crippen molar-refractivity contribution in [1.82, 2.24) is 16.0 Å². The molecular weight excluding hydrogens is 782 g/mol. The van der Waals surface area contributed by atoms with E-state index in [1.54, 1.807) is 62.3 Å². The molecule has 0 bridgehead atoms. The van der Waals surface area contributed by atoms with Gasteiger partial charge in [0.05, 0.1) is 18.1 Å². The lowest BCUT2D eigenvalue weighted by Crippen LogP contribution is -2.56. The number of nitrogens with one attached hydrogen (secondary N) is 3. The van der Waals surface area contributed by atoms with Crippen LogP contribution in [0.5, 0.6) is 0 Å². The first kappa shape index (κ1) is 45.9. The molecule has 0 radical (unpaired) electrons. The van der Waals surface area contributed by atoms with E-state index in [2.05, 4.69) is 16.0 Å². The van der Waals surface area contributed by atoms with E-state index >= 15 is 0 Å². The number of methoxy groups -OCH3 is 3. The molecule has 3 amide bonds. The summed E-state index contributed by atoms with van der Waals surface area (Å²) < 4.78 is 77.8. The van der Waals surface area contributed by atoms with Crippen molar-refractivity contribution in [1.29, 1.82) is 0 Å². The minimum Gasteiger partial charge on any atom is -0.444 e. The Bertz CT molecular complexity index is 1550. The Morgan fingerprint density at radius 1 is 0.542 bits per heavy atom. The van der Waals surface area contributed by atoms with E-state index in [1.165, 1.54) is 28.3 Å². The summed E-state index contributed by atoms with van der Waals surface area (Å²) >= 11 is 0. The molecule has 0 aromatic carbocycles. The highest BCUT2D eigenvalue weighted by molar-refractivity contribution is 5.82. The first-order chi connectivity index (χ1) is 27.4. The second kappa shape index (κ2) is 17.3. The molecule has 0 saturated carbocycles. The Hall–Kier alpha value is -2.60. The lowest BCUT2D eigenvalue weighted by Gasteiger charge is -2.34. The minimum atomic E-state index is -1.06. The molecule has 6 rings (SSSR count). The molecule has 0 aromatic rings. The van der Waals surface area contributed by atoms with Crippen LogP contribution in [-0.4, -0.2) is 160 Å². The Balaban J connectivity index is 1.23. The zero-order chi connectivity index (χ0) is 43.4. The first-order valence-electron chi connectivity index (χ1n) is 20.1. The summed E-state index contributed by atoms with van der Waals surface area (Å²) in [7, 11) is 4.43. The molecular formula is C39H63N3O17. The minimum absolute atomic E-state index is 0.0929. The van der Waals surface area contributed by atoms with Crippen LogP contribution in [0.3, 0.4) is 0 Å². The smallest absolute Gasteiger partial charge is 0.407 e. The highest BCUT2D eigenvalue weighted by Crippen LogP contribution is 2.43. The van der Waals surface area contributed by atoms with E-state index in [0.29, 0.717) is 0 Å². The third-order valence-electron chi connectivity index (χ3n) is 10.8. The predicted molar refractivity (Wildman–Crippen MR) is 200 cm³/mol. The van der Waals surface area contributed by atoms with E-state index in [-0.39, 0.29) is 25.0 Å². The quantitative estimate of drug-likeness (QED) is 0.211. The molecule has 3 N–H and O–H groups in total. The van der Waals surface area contributed by atoms with Crippen LogP contribution in [0, 0.1) is 0 Å². The topological polar surface area (TPSA) is 224 Å². The largest absolute Gasteiger partial charge is 0.444 e. The number of Topliss-reactive ketones (excluding diaryl/α,β-unsaturated/α-hetero) is 1. The van der Waals surface area contributed by atoms with E-state index < -0.39 is 133 Å². The van der Waals surface area contributed by atoms with Crippen molar-refractivity contribution < 1.29 is 80.8 Å². The van der Waals surface area contributed by atoms with Gasteiger partial charge in [-0.2, -0.15) is 0 Å². The number of amides is 3. The maximum Gasteiger partial charge on any atom is 0.407 e. The third kappa shape index (κ3) is 10.5. The van der Waals surface area contributed by atoms with E-state index in [4.69, 9.17) is 61.6 Å². The average Bonchev–Trinajstić information content (AvgIpc) is 3.89. The van der Waals surface area contributed by atoms with Gasteiger partial charge in [0, 0.05) is 40.6 Å². The van der Waals surface area contributed by atoms with Crippen molar-refractivity contribution >= 4 is 23.7 Å². The van der Waals surface area contributed by atoms with Gasteiger partial charge in [-0.1, -0.05) is 0 Å². The fourth-order valence-corrected chi connectivity index (χ4v) is 8.74. The van der Waals surface area contributed by atoms with Gasteiger partial charge in [0.25, 0.3) is 0 Å². The summed E-state index contributed by atoms with van der Waals surface area (Å²) in [6, 6.07) is -2.95. The van der Waals surface area contributed by atoms with Gasteiger partial charge in [-0.15, -0.1) is 0 Å². The molecule has 6 fully saturated rings. The molecule has 0 spiro atoms. The van der Waals surface area contributed by atoms with Crippen molar-refractivity contribution in [3.63, 3.8) is 0 Å². The first-order valence-corrected chi connectivity index (χ1v) is 20.1. The third-order valence-corrected chi connectivity index (χ3v) is 10.8. The highest BCUT2D eigenvalue weighted by Gasteiger charge is 2.60. The Kier molecular flexibility index (Phi) is 13.4. The number of ether oxygens (including phenoxy) is 13. The van der Waals surface area contributed by atoms with Crippen LogP contribution in [0.1, 0.15) is 88.5 Å².